The maximum absolute atomic E-state index is 4.21. The summed E-state index contributed by atoms with van der Waals surface area (Å²) in [6.45, 7) is 11.2. The van der Waals surface area contributed by atoms with E-state index >= 15 is 0 Å². The normalized spacial score (nSPS) is 16.0. The lowest BCUT2D eigenvalue weighted by atomic mass is 9.83. The Hall–Kier alpha value is -2.39. The number of rotatable bonds is 2. The van der Waals surface area contributed by atoms with Crippen molar-refractivity contribution in [2.24, 2.45) is 5.41 Å². The Bertz CT molecular complexity index is 1000. The third kappa shape index (κ3) is 3.32. The van der Waals surface area contributed by atoms with Gasteiger partial charge in [-0.1, -0.05) is 32.4 Å². The molecule has 1 aromatic carbocycles. The molecule has 0 amide bonds. The molecule has 1 aliphatic heterocycles. The standard InChI is InChI=1S/C24H29N3/c1-17-6-7-22-19(14-17)20-15-26(5)13-10-23(20)27(22)16-21(24(2,3)4)18-8-11-25-12-9-18/h6-9,11-12,14,16H,10,13,15H2,1-5H3. The highest BCUT2D eigenvalue weighted by molar-refractivity contribution is 5.91. The van der Waals surface area contributed by atoms with Crippen molar-refractivity contribution in [3.63, 3.8) is 0 Å². The van der Waals surface area contributed by atoms with E-state index in [0.717, 1.165) is 19.5 Å². The summed E-state index contributed by atoms with van der Waals surface area (Å²) in [6, 6.07) is 11.1. The van der Waals surface area contributed by atoms with Gasteiger partial charge in [-0.15, -0.1) is 0 Å². The maximum atomic E-state index is 4.21. The van der Waals surface area contributed by atoms with Gasteiger partial charge in [0.25, 0.3) is 0 Å². The topological polar surface area (TPSA) is 21.1 Å². The highest BCUT2D eigenvalue weighted by Crippen LogP contribution is 2.37. The minimum Gasteiger partial charge on any atom is -0.320 e. The molecule has 4 rings (SSSR count). The van der Waals surface area contributed by atoms with Gasteiger partial charge in [-0.25, -0.2) is 0 Å². The number of hydrogen-bond donors (Lipinski definition) is 0. The van der Waals surface area contributed by atoms with E-state index in [1.165, 1.54) is 38.9 Å². The molecular formula is C24H29N3. The van der Waals surface area contributed by atoms with Crippen molar-refractivity contribution < 1.29 is 0 Å². The quantitative estimate of drug-likeness (QED) is 0.613. The number of hydrogen-bond acceptors (Lipinski definition) is 2. The van der Waals surface area contributed by atoms with Crippen LogP contribution < -0.4 is 0 Å². The zero-order chi connectivity index (χ0) is 19.2. The van der Waals surface area contributed by atoms with Crippen molar-refractivity contribution in [2.45, 2.75) is 40.7 Å². The number of aromatic nitrogens is 2. The van der Waals surface area contributed by atoms with E-state index < -0.39 is 0 Å². The number of fused-ring (bicyclic) bond motifs is 3. The first-order valence-corrected chi connectivity index (χ1v) is 9.78. The molecule has 140 valence electrons. The van der Waals surface area contributed by atoms with Crippen LogP contribution in [0.1, 0.15) is 43.2 Å². The molecule has 27 heavy (non-hydrogen) atoms. The fraction of sp³-hybridized carbons (Fsp3) is 0.375. The molecule has 0 saturated carbocycles. The van der Waals surface area contributed by atoms with Crippen LogP contribution in [0.4, 0.5) is 0 Å². The van der Waals surface area contributed by atoms with Crippen LogP contribution in [0.3, 0.4) is 0 Å². The van der Waals surface area contributed by atoms with Crippen LogP contribution in [0.15, 0.2) is 42.7 Å². The van der Waals surface area contributed by atoms with Crippen molar-refractivity contribution >= 4 is 22.7 Å². The second-order valence-electron chi connectivity index (χ2n) is 8.83. The van der Waals surface area contributed by atoms with Crippen LogP contribution >= 0.6 is 0 Å². The van der Waals surface area contributed by atoms with Gasteiger partial charge in [0.2, 0.25) is 0 Å². The lowest BCUT2D eigenvalue weighted by Crippen LogP contribution is -2.27. The van der Waals surface area contributed by atoms with Gasteiger partial charge < -0.3 is 9.47 Å². The van der Waals surface area contributed by atoms with E-state index in [2.05, 4.69) is 85.7 Å². The smallest absolute Gasteiger partial charge is 0.0529 e. The molecule has 0 aliphatic carbocycles. The third-order valence-electron chi connectivity index (χ3n) is 5.59. The van der Waals surface area contributed by atoms with Gasteiger partial charge in [0.05, 0.1) is 5.52 Å². The SMILES string of the molecule is Cc1ccc2c(c1)c1c(n2C=C(c2ccncc2)C(C)(C)C)CCN(C)C1. The van der Waals surface area contributed by atoms with E-state index in [9.17, 15) is 0 Å². The summed E-state index contributed by atoms with van der Waals surface area (Å²) in [5, 5.41) is 1.40. The summed E-state index contributed by atoms with van der Waals surface area (Å²) < 4.78 is 2.46. The van der Waals surface area contributed by atoms with Gasteiger partial charge >= 0.3 is 0 Å². The summed E-state index contributed by atoms with van der Waals surface area (Å²) >= 11 is 0. The minimum absolute atomic E-state index is 0.0426. The average Bonchev–Trinajstić information content (AvgIpc) is 2.91. The summed E-state index contributed by atoms with van der Waals surface area (Å²) in [6.07, 6.45) is 7.23. The maximum Gasteiger partial charge on any atom is 0.0529 e. The number of pyridine rings is 1. The third-order valence-corrected chi connectivity index (χ3v) is 5.59. The molecule has 3 heterocycles. The molecule has 2 aromatic heterocycles. The second kappa shape index (κ2) is 6.65. The highest BCUT2D eigenvalue weighted by Gasteiger charge is 2.24. The largest absolute Gasteiger partial charge is 0.320 e. The van der Waals surface area contributed by atoms with Crippen LogP contribution in [0.5, 0.6) is 0 Å². The lowest BCUT2D eigenvalue weighted by Gasteiger charge is -2.26. The molecule has 0 fully saturated rings. The van der Waals surface area contributed by atoms with Crippen LogP contribution in [0, 0.1) is 12.3 Å². The first-order valence-electron chi connectivity index (χ1n) is 9.78. The van der Waals surface area contributed by atoms with Crippen LogP contribution in [0.2, 0.25) is 0 Å². The first kappa shape index (κ1) is 18.0. The number of nitrogens with zero attached hydrogens (tertiary/aromatic N) is 3. The molecule has 3 heteroatoms. The highest BCUT2D eigenvalue weighted by atomic mass is 15.1. The molecule has 1 aliphatic rings. The van der Waals surface area contributed by atoms with E-state index in [0.29, 0.717) is 0 Å². The van der Waals surface area contributed by atoms with Crippen LogP contribution in [-0.2, 0) is 13.0 Å². The van der Waals surface area contributed by atoms with Crippen LogP contribution in [-0.4, -0.2) is 28.0 Å². The zero-order valence-electron chi connectivity index (χ0n) is 17.1. The monoisotopic (exact) mass is 359 g/mol. The van der Waals surface area contributed by atoms with Crippen LogP contribution in [0.25, 0.3) is 22.7 Å². The van der Waals surface area contributed by atoms with Crippen molar-refractivity contribution in [3.05, 3.63) is 65.1 Å². The summed E-state index contributed by atoms with van der Waals surface area (Å²) in [5.74, 6) is 0. The second-order valence-corrected chi connectivity index (χ2v) is 8.83. The fourth-order valence-electron chi connectivity index (χ4n) is 4.15. The first-order chi connectivity index (χ1) is 12.8. The Morgan fingerprint density at radius 2 is 1.85 bits per heavy atom. The molecule has 0 N–H and O–H groups in total. The summed E-state index contributed by atoms with van der Waals surface area (Å²) in [4.78, 5) is 6.63. The molecular weight excluding hydrogens is 330 g/mol. The summed E-state index contributed by atoms with van der Waals surface area (Å²) in [5.41, 5.74) is 8.21. The number of allylic oxidation sites excluding steroid dienone is 1. The minimum atomic E-state index is 0.0426. The van der Waals surface area contributed by atoms with E-state index in [-0.39, 0.29) is 5.41 Å². The Morgan fingerprint density at radius 1 is 1.11 bits per heavy atom. The van der Waals surface area contributed by atoms with Gasteiger partial charge in [0.1, 0.15) is 0 Å². The predicted molar refractivity (Wildman–Crippen MR) is 115 cm³/mol. The van der Waals surface area contributed by atoms with E-state index in [1.54, 1.807) is 0 Å². The molecule has 0 saturated heterocycles. The van der Waals surface area contributed by atoms with Crippen molar-refractivity contribution in [3.8, 4) is 0 Å². The van der Waals surface area contributed by atoms with Gasteiger partial charge in [0, 0.05) is 49.2 Å². The van der Waals surface area contributed by atoms with E-state index in [1.807, 2.05) is 12.4 Å². The molecule has 3 nitrogen and oxygen atoms in total. The van der Waals surface area contributed by atoms with Gasteiger partial charge in [-0.05, 0) is 60.4 Å². The fourth-order valence-corrected chi connectivity index (χ4v) is 4.15. The zero-order valence-corrected chi connectivity index (χ0v) is 17.1. The number of likely N-dealkylation sites (N-methyl/N-ethyl adjacent to an activating group) is 1. The molecule has 0 radical (unpaired) electrons. The molecule has 0 unspecified atom stereocenters. The average molecular weight is 360 g/mol. The summed E-state index contributed by atoms with van der Waals surface area (Å²) in [7, 11) is 2.22. The molecule has 3 aromatic rings. The van der Waals surface area contributed by atoms with E-state index in [4.69, 9.17) is 0 Å². The van der Waals surface area contributed by atoms with Gasteiger partial charge in [-0.2, -0.15) is 0 Å². The number of aryl methyl sites for hydroxylation is 1. The molecule has 0 bridgehead atoms. The van der Waals surface area contributed by atoms with Crippen molar-refractivity contribution in [1.29, 1.82) is 0 Å². The van der Waals surface area contributed by atoms with Gasteiger partial charge in [0.15, 0.2) is 0 Å². The predicted octanol–water partition coefficient (Wildman–Crippen LogP) is 5.38. The Balaban J connectivity index is 1.99. The van der Waals surface area contributed by atoms with Crippen molar-refractivity contribution in [1.82, 2.24) is 14.5 Å². The molecule has 0 atom stereocenters. The Labute approximate surface area is 162 Å². The number of benzene rings is 1. The Kier molecular flexibility index (Phi) is 4.43. The Morgan fingerprint density at radius 3 is 2.56 bits per heavy atom. The van der Waals surface area contributed by atoms with Gasteiger partial charge in [-0.3, -0.25) is 4.98 Å². The van der Waals surface area contributed by atoms with Crippen molar-refractivity contribution in [2.75, 3.05) is 13.6 Å². The lowest BCUT2D eigenvalue weighted by molar-refractivity contribution is 0.312. The molecule has 0 spiro atoms.